The summed E-state index contributed by atoms with van der Waals surface area (Å²) in [5.41, 5.74) is 4.22. The van der Waals surface area contributed by atoms with E-state index in [4.69, 9.17) is 9.72 Å². The summed E-state index contributed by atoms with van der Waals surface area (Å²) in [5.74, 6) is 0.736. The second-order valence-electron chi connectivity index (χ2n) is 7.01. The van der Waals surface area contributed by atoms with Crippen molar-refractivity contribution in [2.24, 2.45) is 0 Å². The maximum absolute atomic E-state index is 12.7. The summed E-state index contributed by atoms with van der Waals surface area (Å²) in [6, 6.07) is 17.8. The van der Waals surface area contributed by atoms with E-state index < -0.39 is 0 Å². The minimum atomic E-state index is -0.276. The molecule has 3 rings (SSSR count). The number of nitrogens with zero attached hydrogens (tertiary/aromatic N) is 1. The van der Waals surface area contributed by atoms with E-state index in [1.807, 2.05) is 63.2 Å². The molecule has 0 saturated carbocycles. The monoisotopic (exact) mass is 409 g/mol. The molecule has 5 nitrogen and oxygen atoms in total. The van der Waals surface area contributed by atoms with Crippen LogP contribution in [0.4, 0.5) is 0 Å². The van der Waals surface area contributed by atoms with Crippen molar-refractivity contribution >= 4 is 17.7 Å². The first kappa shape index (κ1) is 21.0. The van der Waals surface area contributed by atoms with E-state index in [2.05, 4.69) is 22.4 Å². The van der Waals surface area contributed by atoms with Gasteiger partial charge in [-0.25, -0.2) is 4.98 Å². The van der Waals surface area contributed by atoms with Crippen molar-refractivity contribution in [1.82, 2.24) is 15.3 Å². The van der Waals surface area contributed by atoms with Crippen LogP contribution in [0, 0.1) is 6.92 Å². The summed E-state index contributed by atoms with van der Waals surface area (Å²) >= 11 is 1.43. The first-order chi connectivity index (χ1) is 14.0. The molecule has 1 aromatic heterocycles. The molecule has 0 aliphatic rings. The smallest absolute Gasteiger partial charge is 0.233 e. The molecule has 0 spiro atoms. The molecule has 2 atom stereocenters. The molecule has 6 heteroatoms. The largest absolute Gasteiger partial charge is 0.496 e. The molecule has 0 fully saturated rings. The van der Waals surface area contributed by atoms with Gasteiger partial charge in [0.2, 0.25) is 5.91 Å². The predicted molar refractivity (Wildman–Crippen MR) is 117 cm³/mol. The lowest BCUT2D eigenvalue weighted by molar-refractivity contribution is -0.120. The number of aryl methyl sites for hydroxylation is 1. The predicted octanol–water partition coefficient (Wildman–Crippen LogP) is 4.68. The number of aromatic amines is 1. The zero-order valence-electron chi connectivity index (χ0n) is 17.2. The Morgan fingerprint density at radius 1 is 1.14 bits per heavy atom. The lowest BCUT2D eigenvalue weighted by atomic mass is 10.1. The Balaban J connectivity index is 1.61. The molecule has 0 bridgehead atoms. The summed E-state index contributed by atoms with van der Waals surface area (Å²) in [7, 11) is 1.64. The number of thioether (sulfide) groups is 1. The van der Waals surface area contributed by atoms with Crippen molar-refractivity contribution in [3.05, 3.63) is 77.1 Å². The third kappa shape index (κ3) is 5.41. The lowest BCUT2D eigenvalue weighted by Crippen LogP contribution is -2.33. The highest BCUT2D eigenvalue weighted by Crippen LogP contribution is 2.26. The van der Waals surface area contributed by atoms with Gasteiger partial charge in [0.1, 0.15) is 5.75 Å². The van der Waals surface area contributed by atoms with E-state index in [-0.39, 0.29) is 17.2 Å². The van der Waals surface area contributed by atoms with Gasteiger partial charge in [-0.15, -0.1) is 0 Å². The lowest BCUT2D eigenvalue weighted by Gasteiger charge is -2.19. The third-order valence-corrected chi connectivity index (χ3v) is 5.78. The van der Waals surface area contributed by atoms with Gasteiger partial charge < -0.3 is 15.0 Å². The van der Waals surface area contributed by atoms with Crippen molar-refractivity contribution in [3.8, 4) is 5.75 Å². The summed E-state index contributed by atoms with van der Waals surface area (Å²) in [6.07, 6.45) is 0.773. The number of methoxy groups -OCH3 is 1. The third-order valence-electron chi connectivity index (χ3n) is 4.80. The molecular formula is C23H27N3O2S. The quantitative estimate of drug-likeness (QED) is 0.530. The normalized spacial score (nSPS) is 13.0. The number of imidazole rings is 1. The summed E-state index contributed by atoms with van der Waals surface area (Å²) < 4.78 is 5.40. The molecule has 0 aliphatic heterocycles. The van der Waals surface area contributed by atoms with Crippen LogP contribution < -0.4 is 10.1 Å². The first-order valence-corrected chi connectivity index (χ1v) is 10.5. The number of rotatable bonds is 8. The van der Waals surface area contributed by atoms with Crippen LogP contribution in [0.3, 0.4) is 0 Å². The number of hydrogen-bond acceptors (Lipinski definition) is 4. The van der Waals surface area contributed by atoms with Gasteiger partial charge in [0.25, 0.3) is 0 Å². The van der Waals surface area contributed by atoms with Crippen LogP contribution in [0.2, 0.25) is 0 Å². The van der Waals surface area contributed by atoms with E-state index in [1.54, 1.807) is 7.11 Å². The number of para-hydroxylation sites is 1. The zero-order valence-corrected chi connectivity index (χ0v) is 18.0. The van der Waals surface area contributed by atoms with Crippen LogP contribution in [0.1, 0.15) is 42.4 Å². The highest BCUT2D eigenvalue weighted by molar-refractivity contribution is 8.00. The highest BCUT2D eigenvalue weighted by atomic mass is 32.2. The van der Waals surface area contributed by atoms with Gasteiger partial charge in [-0.2, -0.15) is 0 Å². The number of carbonyl (C=O) groups excluding carboxylic acids is 1. The Bertz CT molecular complexity index is 956. The van der Waals surface area contributed by atoms with Crippen LogP contribution in [0.25, 0.3) is 0 Å². The molecule has 2 aromatic carbocycles. The van der Waals surface area contributed by atoms with Gasteiger partial charge in [0.15, 0.2) is 5.16 Å². The second-order valence-corrected chi connectivity index (χ2v) is 8.34. The van der Waals surface area contributed by atoms with Gasteiger partial charge in [0.05, 0.1) is 24.1 Å². The van der Waals surface area contributed by atoms with E-state index in [0.717, 1.165) is 34.3 Å². The van der Waals surface area contributed by atoms with E-state index >= 15 is 0 Å². The number of H-pyrrole nitrogens is 1. The van der Waals surface area contributed by atoms with Gasteiger partial charge in [-0.05, 0) is 32.4 Å². The number of hydrogen-bond donors (Lipinski definition) is 2. The fourth-order valence-corrected chi connectivity index (χ4v) is 4.02. The molecule has 0 unspecified atom stereocenters. The molecule has 152 valence electrons. The van der Waals surface area contributed by atoms with Crippen LogP contribution >= 0.6 is 11.8 Å². The minimum absolute atomic E-state index is 0.0351. The highest BCUT2D eigenvalue weighted by Gasteiger charge is 2.21. The number of aromatic nitrogens is 2. The van der Waals surface area contributed by atoms with Crippen molar-refractivity contribution in [3.63, 3.8) is 0 Å². The molecule has 1 amide bonds. The fraction of sp³-hybridized carbons (Fsp3) is 0.304. The topological polar surface area (TPSA) is 67.0 Å². The maximum atomic E-state index is 12.7. The van der Waals surface area contributed by atoms with Gasteiger partial charge in [-0.1, -0.05) is 60.3 Å². The van der Waals surface area contributed by atoms with Gasteiger partial charge >= 0.3 is 0 Å². The average Bonchev–Trinajstić information content (AvgIpc) is 3.07. The van der Waals surface area contributed by atoms with E-state index in [1.165, 1.54) is 17.3 Å². The number of nitrogens with one attached hydrogen (secondary N) is 2. The molecule has 0 aliphatic carbocycles. The first-order valence-electron chi connectivity index (χ1n) is 9.67. The average molecular weight is 410 g/mol. The Morgan fingerprint density at radius 2 is 1.83 bits per heavy atom. The second kappa shape index (κ2) is 9.65. The summed E-state index contributed by atoms with van der Waals surface area (Å²) in [4.78, 5) is 20.7. The number of carbonyl (C=O) groups is 1. The standard InChI is InChI=1S/C23H27N3O2S/c1-15(19-12-8-9-13-21(19)28-4)24-22(27)17(3)29-23-25-16(2)20(26-23)14-18-10-6-5-7-11-18/h5-13,15,17H,14H2,1-4H3,(H,24,27)(H,25,26)/t15-,17+/m0/s1. The number of benzene rings is 2. The summed E-state index contributed by atoms with van der Waals surface area (Å²) in [6.45, 7) is 5.87. The van der Waals surface area contributed by atoms with Crippen LogP contribution in [0.5, 0.6) is 5.75 Å². The summed E-state index contributed by atoms with van der Waals surface area (Å²) in [5, 5.41) is 3.56. The van der Waals surface area contributed by atoms with Crippen molar-refractivity contribution in [2.45, 2.75) is 43.6 Å². The molecule has 29 heavy (non-hydrogen) atoms. The molecule has 2 N–H and O–H groups in total. The van der Waals surface area contributed by atoms with Crippen LogP contribution in [0.15, 0.2) is 59.8 Å². The van der Waals surface area contributed by atoms with Crippen molar-refractivity contribution < 1.29 is 9.53 Å². The van der Waals surface area contributed by atoms with Crippen molar-refractivity contribution in [2.75, 3.05) is 7.11 Å². The Hall–Kier alpha value is -2.73. The Kier molecular flexibility index (Phi) is 6.99. The minimum Gasteiger partial charge on any atom is -0.496 e. The molecule has 0 saturated heterocycles. The van der Waals surface area contributed by atoms with Gasteiger partial charge in [-0.3, -0.25) is 4.79 Å². The van der Waals surface area contributed by atoms with Crippen LogP contribution in [-0.4, -0.2) is 28.2 Å². The number of ether oxygens (including phenoxy) is 1. The van der Waals surface area contributed by atoms with E-state index in [9.17, 15) is 4.79 Å². The maximum Gasteiger partial charge on any atom is 0.233 e. The van der Waals surface area contributed by atoms with Crippen molar-refractivity contribution in [1.29, 1.82) is 0 Å². The van der Waals surface area contributed by atoms with Crippen LogP contribution in [-0.2, 0) is 11.2 Å². The SMILES string of the molecule is COc1ccccc1[C@H](C)NC(=O)[C@@H](C)Sc1nc(Cc2ccccc2)c(C)[nH]1. The molecular weight excluding hydrogens is 382 g/mol. The van der Waals surface area contributed by atoms with Gasteiger partial charge in [0, 0.05) is 17.7 Å². The molecule has 1 heterocycles. The number of amides is 1. The van der Waals surface area contributed by atoms with E-state index in [0.29, 0.717) is 0 Å². The fourth-order valence-electron chi connectivity index (χ4n) is 3.14. The molecule has 0 radical (unpaired) electrons. The zero-order chi connectivity index (χ0) is 20.8. The Morgan fingerprint density at radius 3 is 2.55 bits per heavy atom. The Labute approximate surface area is 176 Å². The molecule has 3 aromatic rings.